The Kier molecular flexibility index (Phi) is 6.42. The lowest BCUT2D eigenvalue weighted by molar-refractivity contribution is -0.117. The third kappa shape index (κ3) is 5.27. The summed E-state index contributed by atoms with van der Waals surface area (Å²) in [4.78, 5) is 11.7. The Bertz CT molecular complexity index is 527. The highest BCUT2D eigenvalue weighted by atomic mass is 16.3. The topological polar surface area (TPSA) is 85.2 Å². The van der Waals surface area contributed by atoms with Crippen molar-refractivity contribution in [3.05, 3.63) is 54.3 Å². The van der Waals surface area contributed by atoms with Crippen LogP contribution in [0.25, 0.3) is 0 Å². The summed E-state index contributed by atoms with van der Waals surface area (Å²) < 4.78 is 0. The first-order valence-corrected chi connectivity index (χ1v) is 6.18. The second-order valence-corrected chi connectivity index (χ2v) is 4.04. The minimum Gasteiger partial charge on any atom is -0.508 e. The fraction of sp³-hybridized carbons (Fsp3) is 0.200. The Labute approximate surface area is 118 Å². The number of carbonyl (C=O) groups excluding carboxylic acids is 1. The molecule has 104 valence electrons. The van der Waals surface area contributed by atoms with Gasteiger partial charge in [0.2, 0.25) is 0 Å². The third-order valence-corrected chi connectivity index (χ3v) is 2.51. The summed E-state index contributed by atoms with van der Waals surface area (Å²) >= 11 is 0. The molecular weight excluding hydrogens is 254 g/mol. The molecule has 0 saturated carbocycles. The van der Waals surface area contributed by atoms with Gasteiger partial charge < -0.3 is 15.7 Å². The highest BCUT2D eigenvalue weighted by Crippen LogP contribution is 2.09. The molecule has 0 radical (unpaired) electrons. The molecule has 0 spiro atoms. The lowest BCUT2D eigenvalue weighted by Crippen LogP contribution is -2.27. The maximum atomic E-state index is 11.7. The van der Waals surface area contributed by atoms with E-state index in [1.54, 1.807) is 30.3 Å². The van der Waals surface area contributed by atoms with Crippen LogP contribution in [0.4, 0.5) is 0 Å². The number of nitriles is 1. The highest BCUT2D eigenvalue weighted by molar-refractivity contribution is 5.97. The van der Waals surface area contributed by atoms with E-state index < -0.39 is 5.91 Å². The normalized spacial score (nSPS) is 10.4. The molecule has 0 aliphatic carbocycles. The number of hydrogen-bond donors (Lipinski definition) is 3. The molecule has 0 atom stereocenters. The summed E-state index contributed by atoms with van der Waals surface area (Å²) in [5.41, 5.74) is 1.02. The number of benzene rings is 1. The van der Waals surface area contributed by atoms with E-state index in [1.807, 2.05) is 6.07 Å². The summed E-state index contributed by atoms with van der Waals surface area (Å²) in [6.45, 7) is 4.44. The van der Waals surface area contributed by atoms with Crippen LogP contribution in [0, 0.1) is 11.3 Å². The van der Waals surface area contributed by atoms with E-state index in [9.17, 15) is 4.79 Å². The van der Waals surface area contributed by atoms with Gasteiger partial charge in [-0.15, -0.1) is 6.58 Å². The van der Waals surface area contributed by atoms with E-state index in [-0.39, 0.29) is 11.3 Å². The summed E-state index contributed by atoms with van der Waals surface area (Å²) in [6.07, 6.45) is 3.64. The van der Waals surface area contributed by atoms with Crippen LogP contribution < -0.4 is 10.6 Å². The fourth-order valence-electron chi connectivity index (χ4n) is 1.47. The van der Waals surface area contributed by atoms with Crippen molar-refractivity contribution in [1.82, 2.24) is 10.6 Å². The first kappa shape index (κ1) is 15.3. The van der Waals surface area contributed by atoms with Crippen LogP contribution in [0.2, 0.25) is 0 Å². The largest absolute Gasteiger partial charge is 0.508 e. The monoisotopic (exact) mass is 271 g/mol. The summed E-state index contributed by atoms with van der Waals surface area (Å²) in [6, 6.07) is 8.60. The van der Waals surface area contributed by atoms with E-state index in [0.717, 1.165) is 5.56 Å². The Morgan fingerprint density at radius 3 is 2.70 bits per heavy atom. The van der Waals surface area contributed by atoms with Gasteiger partial charge >= 0.3 is 0 Å². The van der Waals surface area contributed by atoms with Gasteiger partial charge in [0, 0.05) is 19.3 Å². The van der Waals surface area contributed by atoms with Crippen molar-refractivity contribution in [2.45, 2.75) is 6.42 Å². The van der Waals surface area contributed by atoms with Gasteiger partial charge in [-0.3, -0.25) is 4.79 Å². The van der Waals surface area contributed by atoms with Crippen LogP contribution in [0.1, 0.15) is 5.56 Å². The first-order valence-electron chi connectivity index (χ1n) is 6.18. The number of nitrogens with one attached hydrogen (secondary N) is 2. The fourth-order valence-corrected chi connectivity index (χ4v) is 1.47. The molecule has 0 aliphatic rings. The van der Waals surface area contributed by atoms with Gasteiger partial charge in [-0.1, -0.05) is 18.2 Å². The van der Waals surface area contributed by atoms with Gasteiger partial charge in [0.15, 0.2) is 0 Å². The molecule has 1 aromatic rings. The average Bonchev–Trinajstić information content (AvgIpc) is 2.45. The zero-order valence-corrected chi connectivity index (χ0v) is 11.1. The molecule has 0 heterocycles. The van der Waals surface area contributed by atoms with Crippen LogP contribution in [-0.2, 0) is 11.2 Å². The lowest BCUT2D eigenvalue weighted by atomic mass is 10.1. The smallest absolute Gasteiger partial charge is 0.263 e. The standard InChI is InChI=1S/C15H17N3O2/c1-2-8-17-11-13(10-16)15(20)18-9-7-12-3-5-14(19)6-4-12/h2-6,11,17,19H,1,7-9H2,(H,18,20)/b13-11-. The van der Waals surface area contributed by atoms with Gasteiger partial charge in [0.25, 0.3) is 5.91 Å². The molecule has 0 bridgehead atoms. The third-order valence-electron chi connectivity index (χ3n) is 2.51. The van der Waals surface area contributed by atoms with Crippen LogP contribution in [0.5, 0.6) is 5.75 Å². The number of aromatic hydroxyl groups is 1. The second-order valence-electron chi connectivity index (χ2n) is 4.04. The summed E-state index contributed by atoms with van der Waals surface area (Å²) in [7, 11) is 0. The lowest BCUT2D eigenvalue weighted by Gasteiger charge is -2.05. The van der Waals surface area contributed by atoms with Gasteiger partial charge in [-0.05, 0) is 24.1 Å². The van der Waals surface area contributed by atoms with Crippen molar-refractivity contribution in [3.63, 3.8) is 0 Å². The van der Waals surface area contributed by atoms with E-state index in [0.29, 0.717) is 19.5 Å². The van der Waals surface area contributed by atoms with Crippen molar-refractivity contribution in [2.24, 2.45) is 0 Å². The molecule has 1 amide bonds. The quantitative estimate of drug-likeness (QED) is 0.301. The number of phenols is 1. The van der Waals surface area contributed by atoms with Crippen LogP contribution in [0.3, 0.4) is 0 Å². The van der Waals surface area contributed by atoms with E-state index in [2.05, 4.69) is 17.2 Å². The Hall–Kier alpha value is -2.74. The highest BCUT2D eigenvalue weighted by Gasteiger charge is 2.07. The molecule has 20 heavy (non-hydrogen) atoms. The number of phenolic OH excluding ortho intramolecular Hbond substituents is 1. The van der Waals surface area contributed by atoms with E-state index in [1.165, 1.54) is 6.20 Å². The molecule has 0 unspecified atom stereocenters. The zero-order valence-electron chi connectivity index (χ0n) is 11.1. The van der Waals surface area contributed by atoms with Gasteiger partial charge in [0.05, 0.1) is 0 Å². The Morgan fingerprint density at radius 1 is 1.40 bits per heavy atom. The SMILES string of the molecule is C=CCN/C=C(/C#N)C(=O)NCCc1ccc(O)cc1. The van der Waals surface area contributed by atoms with Crippen molar-refractivity contribution in [3.8, 4) is 11.8 Å². The number of hydrogen-bond acceptors (Lipinski definition) is 4. The molecule has 0 saturated heterocycles. The van der Waals surface area contributed by atoms with E-state index >= 15 is 0 Å². The van der Waals surface area contributed by atoms with Crippen molar-refractivity contribution < 1.29 is 9.90 Å². The van der Waals surface area contributed by atoms with E-state index in [4.69, 9.17) is 10.4 Å². The van der Waals surface area contributed by atoms with Gasteiger partial charge in [0.1, 0.15) is 17.4 Å². The number of carbonyl (C=O) groups is 1. The predicted octanol–water partition coefficient (Wildman–Crippen LogP) is 1.23. The first-order chi connectivity index (χ1) is 9.67. The molecule has 0 aromatic heterocycles. The molecular formula is C15H17N3O2. The van der Waals surface area contributed by atoms with Crippen LogP contribution >= 0.6 is 0 Å². The van der Waals surface area contributed by atoms with Crippen LogP contribution in [-0.4, -0.2) is 24.1 Å². The molecule has 5 heteroatoms. The number of amides is 1. The van der Waals surface area contributed by atoms with Crippen molar-refractivity contribution in [1.29, 1.82) is 5.26 Å². The van der Waals surface area contributed by atoms with Gasteiger partial charge in [-0.2, -0.15) is 5.26 Å². The molecule has 5 nitrogen and oxygen atoms in total. The minimum atomic E-state index is -0.414. The van der Waals surface area contributed by atoms with Crippen LogP contribution in [0.15, 0.2) is 48.7 Å². The Morgan fingerprint density at radius 2 is 2.10 bits per heavy atom. The molecule has 3 N–H and O–H groups in total. The molecule has 1 aromatic carbocycles. The van der Waals surface area contributed by atoms with Crippen molar-refractivity contribution >= 4 is 5.91 Å². The molecule has 1 rings (SSSR count). The zero-order chi connectivity index (χ0) is 14.8. The van der Waals surface area contributed by atoms with Gasteiger partial charge in [-0.25, -0.2) is 0 Å². The number of nitrogens with zero attached hydrogens (tertiary/aromatic N) is 1. The maximum Gasteiger partial charge on any atom is 0.263 e. The second kappa shape index (κ2) is 8.38. The maximum absolute atomic E-state index is 11.7. The summed E-state index contributed by atoms with van der Waals surface area (Å²) in [5, 5.41) is 23.5. The Balaban J connectivity index is 2.42. The predicted molar refractivity (Wildman–Crippen MR) is 76.7 cm³/mol. The number of rotatable bonds is 7. The van der Waals surface area contributed by atoms with Crippen molar-refractivity contribution in [2.75, 3.05) is 13.1 Å². The molecule has 0 fully saturated rings. The molecule has 0 aliphatic heterocycles. The summed E-state index contributed by atoms with van der Waals surface area (Å²) in [5.74, 6) is -0.205. The minimum absolute atomic E-state index is 0.0255. The average molecular weight is 271 g/mol.